The lowest BCUT2D eigenvalue weighted by Crippen LogP contribution is -2.23. The fourth-order valence-corrected chi connectivity index (χ4v) is 2.01. The van der Waals surface area contributed by atoms with Crippen molar-refractivity contribution in [1.82, 2.24) is 0 Å². The summed E-state index contributed by atoms with van der Waals surface area (Å²) in [5, 5.41) is 9.89. The molecule has 0 spiro atoms. The SMILES string of the molecule is CC(O)[C@@H](N)c1ccc(I)cc1Cl. The van der Waals surface area contributed by atoms with Gasteiger partial charge in [0, 0.05) is 8.59 Å². The molecule has 1 unspecified atom stereocenters. The molecule has 0 aromatic heterocycles. The van der Waals surface area contributed by atoms with E-state index < -0.39 is 12.1 Å². The lowest BCUT2D eigenvalue weighted by atomic mass is 10.0. The van der Waals surface area contributed by atoms with Gasteiger partial charge in [0.15, 0.2) is 0 Å². The molecule has 0 saturated heterocycles. The van der Waals surface area contributed by atoms with Crippen molar-refractivity contribution >= 4 is 34.2 Å². The molecule has 0 aliphatic rings. The molecule has 0 aliphatic heterocycles. The minimum atomic E-state index is -0.586. The molecule has 1 aromatic carbocycles. The largest absolute Gasteiger partial charge is 0.391 e. The number of aliphatic hydroxyl groups excluding tert-OH is 1. The number of halogens is 2. The number of aliphatic hydroxyl groups is 1. The fourth-order valence-electron chi connectivity index (χ4n) is 1.03. The van der Waals surface area contributed by atoms with E-state index in [1.165, 1.54) is 0 Å². The van der Waals surface area contributed by atoms with Crippen molar-refractivity contribution in [3.8, 4) is 0 Å². The summed E-state index contributed by atoms with van der Waals surface area (Å²) in [6, 6.07) is 5.19. The highest BCUT2D eigenvalue weighted by atomic mass is 127. The number of rotatable bonds is 2. The predicted molar refractivity (Wildman–Crippen MR) is 62.8 cm³/mol. The van der Waals surface area contributed by atoms with Crippen molar-refractivity contribution in [3.05, 3.63) is 32.4 Å². The molecular weight excluding hydrogens is 300 g/mol. The van der Waals surface area contributed by atoms with E-state index in [1.54, 1.807) is 6.92 Å². The fraction of sp³-hybridized carbons (Fsp3) is 0.333. The number of nitrogens with two attached hydrogens (primary N) is 1. The first-order valence-electron chi connectivity index (χ1n) is 3.91. The smallest absolute Gasteiger partial charge is 0.0705 e. The van der Waals surface area contributed by atoms with Gasteiger partial charge in [-0.1, -0.05) is 17.7 Å². The molecule has 0 aliphatic carbocycles. The van der Waals surface area contributed by atoms with Crippen LogP contribution in [0, 0.1) is 3.57 Å². The van der Waals surface area contributed by atoms with E-state index in [0.717, 1.165) is 9.13 Å². The van der Waals surface area contributed by atoms with Crippen LogP contribution in [-0.4, -0.2) is 11.2 Å². The van der Waals surface area contributed by atoms with E-state index in [0.29, 0.717) is 5.02 Å². The Bertz CT molecular complexity index is 304. The molecule has 1 aromatic rings. The van der Waals surface area contributed by atoms with Crippen LogP contribution in [0.2, 0.25) is 5.02 Å². The van der Waals surface area contributed by atoms with Crippen molar-refractivity contribution in [3.63, 3.8) is 0 Å². The van der Waals surface area contributed by atoms with E-state index in [9.17, 15) is 5.11 Å². The average Bonchev–Trinajstić information content (AvgIpc) is 2.03. The lowest BCUT2D eigenvalue weighted by Gasteiger charge is -2.16. The minimum Gasteiger partial charge on any atom is -0.391 e. The van der Waals surface area contributed by atoms with Crippen molar-refractivity contribution in [1.29, 1.82) is 0 Å². The average molecular weight is 312 g/mol. The molecule has 1 rings (SSSR count). The second kappa shape index (κ2) is 4.59. The third-order valence-electron chi connectivity index (χ3n) is 1.84. The Labute approximate surface area is 96.2 Å². The van der Waals surface area contributed by atoms with E-state index >= 15 is 0 Å². The second-order valence-corrected chi connectivity index (χ2v) is 4.59. The molecule has 72 valence electrons. The maximum atomic E-state index is 9.28. The summed E-state index contributed by atoms with van der Waals surface area (Å²) in [5.74, 6) is 0. The third-order valence-corrected chi connectivity index (χ3v) is 2.84. The van der Waals surface area contributed by atoms with Crippen LogP contribution < -0.4 is 5.73 Å². The number of hydrogen-bond acceptors (Lipinski definition) is 2. The van der Waals surface area contributed by atoms with Crippen LogP contribution in [0.3, 0.4) is 0 Å². The summed E-state index contributed by atoms with van der Waals surface area (Å²) in [6.07, 6.45) is -0.586. The Balaban J connectivity index is 3.01. The molecule has 4 heteroatoms. The predicted octanol–water partition coefficient (Wildman–Crippen LogP) is 2.33. The van der Waals surface area contributed by atoms with Crippen LogP contribution in [0.5, 0.6) is 0 Å². The maximum absolute atomic E-state index is 9.28. The first kappa shape index (κ1) is 11.2. The van der Waals surface area contributed by atoms with E-state index in [-0.39, 0.29) is 0 Å². The van der Waals surface area contributed by atoms with Gasteiger partial charge in [-0.05, 0) is 47.2 Å². The molecule has 0 heterocycles. The van der Waals surface area contributed by atoms with E-state index in [4.69, 9.17) is 17.3 Å². The van der Waals surface area contributed by atoms with Crippen LogP contribution in [0.15, 0.2) is 18.2 Å². The van der Waals surface area contributed by atoms with Gasteiger partial charge in [0.05, 0.1) is 12.1 Å². The van der Waals surface area contributed by atoms with E-state index in [2.05, 4.69) is 22.6 Å². The molecule has 13 heavy (non-hydrogen) atoms. The first-order valence-corrected chi connectivity index (χ1v) is 5.36. The zero-order valence-electron chi connectivity index (χ0n) is 7.17. The maximum Gasteiger partial charge on any atom is 0.0705 e. The number of benzene rings is 1. The van der Waals surface area contributed by atoms with Crippen LogP contribution in [0.25, 0.3) is 0 Å². The standard InChI is InChI=1S/C9H11ClINO/c1-5(13)9(12)7-3-2-6(11)4-8(7)10/h2-5,9,13H,12H2,1H3/t5?,9-/m1/s1. The summed E-state index contributed by atoms with van der Waals surface area (Å²) in [5.41, 5.74) is 6.54. The van der Waals surface area contributed by atoms with Gasteiger partial charge < -0.3 is 10.8 Å². The van der Waals surface area contributed by atoms with Gasteiger partial charge in [-0.25, -0.2) is 0 Å². The summed E-state index contributed by atoms with van der Waals surface area (Å²) < 4.78 is 1.06. The second-order valence-electron chi connectivity index (χ2n) is 2.93. The molecule has 0 saturated carbocycles. The normalized spacial score (nSPS) is 15.5. The Hall–Kier alpha value is 0.160. The molecule has 2 nitrogen and oxygen atoms in total. The topological polar surface area (TPSA) is 46.2 Å². The van der Waals surface area contributed by atoms with Crippen LogP contribution in [-0.2, 0) is 0 Å². The lowest BCUT2D eigenvalue weighted by molar-refractivity contribution is 0.164. The van der Waals surface area contributed by atoms with Crippen LogP contribution >= 0.6 is 34.2 Å². The Morgan fingerprint density at radius 3 is 2.62 bits per heavy atom. The van der Waals surface area contributed by atoms with Crippen LogP contribution in [0.1, 0.15) is 18.5 Å². The van der Waals surface area contributed by atoms with Crippen molar-refractivity contribution in [2.45, 2.75) is 19.1 Å². The minimum absolute atomic E-state index is 0.413. The molecule has 0 fully saturated rings. The summed E-state index contributed by atoms with van der Waals surface area (Å²) in [7, 11) is 0. The molecule has 0 amide bonds. The van der Waals surface area contributed by atoms with Crippen molar-refractivity contribution in [2.75, 3.05) is 0 Å². The van der Waals surface area contributed by atoms with Crippen molar-refractivity contribution < 1.29 is 5.11 Å². The zero-order valence-corrected chi connectivity index (χ0v) is 10.1. The summed E-state index contributed by atoms with van der Waals surface area (Å²) >= 11 is 8.15. The van der Waals surface area contributed by atoms with Gasteiger partial charge in [-0.2, -0.15) is 0 Å². The third kappa shape index (κ3) is 2.80. The van der Waals surface area contributed by atoms with Gasteiger partial charge in [0.25, 0.3) is 0 Å². The molecular formula is C9H11ClINO. The van der Waals surface area contributed by atoms with Crippen LogP contribution in [0.4, 0.5) is 0 Å². The van der Waals surface area contributed by atoms with Gasteiger partial charge in [0.1, 0.15) is 0 Å². The highest BCUT2D eigenvalue weighted by molar-refractivity contribution is 14.1. The number of hydrogen-bond donors (Lipinski definition) is 2. The van der Waals surface area contributed by atoms with Crippen molar-refractivity contribution in [2.24, 2.45) is 5.73 Å². The summed E-state index contributed by atoms with van der Waals surface area (Å²) in [6.45, 7) is 1.65. The highest BCUT2D eigenvalue weighted by Gasteiger charge is 2.14. The Morgan fingerprint density at radius 2 is 2.15 bits per heavy atom. The van der Waals surface area contributed by atoms with Gasteiger partial charge >= 0.3 is 0 Å². The first-order chi connectivity index (χ1) is 6.02. The molecule has 3 N–H and O–H groups in total. The quantitative estimate of drug-likeness (QED) is 0.824. The Kier molecular flexibility index (Phi) is 3.97. The van der Waals surface area contributed by atoms with E-state index in [1.807, 2.05) is 18.2 Å². The van der Waals surface area contributed by atoms with Gasteiger partial charge in [0.2, 0.25) is 0 Å². The zero-order chi connectivity index (χ0) is 10.0. The monoisotopic (exact) mass is 311 g/mol. The Morgan fingerprint density at radius 1 is 1.54 bits per heavy atom. The summed E-state index contributed by atoms with van der Waals surface area (Å²) in [4.78, 5) is 0. The molecule has 0 radical (unpaired) electrons. The highest BCUT2D eigenvalue weighted by Crippen LogP contribution is 2.25. The molecule has 2 atom stereocenters. The molecule has 0 bridgehead atoms. The van der Waals surface area contributed by atoms with Gasteiger partial charge in [-0.3, -0.25) is 0 Å². The van der Waals surface area contributed by atoms with Gasteiger partial charge in [-0.15, -0.1) is 0 Å².